The predicted octanol–water partition coefficient (Wildman–Crippen LogP) is 2.78. The van der Waals surface area contributed by atoms with Crippen LogP contribution in [0.15, 0.2) is 12.5 Å². The molecule has 19 heavy (non-hydrogen) atoms. The van der Waals surface area contributed by atoms with Crippen molar-refractivity contribution in [1.82, 2.24) is 14.9 Å². The van der Waals surface area contributed by atoms with E-state index in [4.69, 9.17) is 0 Å². The average molecular weight is 265 g/mol. The molecule has 1 aromatic heterocycles. The molecule has 0 radical (unpaired) electrons. The summed E-state index contributed by atoms with van der Waals surface area (Å²) >= 11 is 0. The van der Waals surface area contributed by atoms with E-state index in [1.807, 2.05) is 20.2 Å². The van der Waals surface area contributed by atoms with Gasteiger partial charge < -0.3 is 9.88 Å². The summed E-state index contributed by atoms with van der Waals surface area (Å²) in [4.78, 5) is 15.8. The van der Waals surface area contributed by atoms with Crippen molar-refractivity contribution in [2.24, 2.45) is 5.92 Å². The van der Waals surface area contributed by atoms with Gasteiger partial charge in [-0.25, -0.2) is 4.98 Å². The van der Waals surface area contributed by atoms with Gasteiger partial charge in [-0.3, -0.25) is 4.79 Å². The molecule has 0 unspecified atom stereocenters. The van der Waals surface area contributed by atoms with E-state index in [1.54, 1.807) is 0 Å². The van der Waals surface area contributed by atoms with Crippen LogP contribution in [0.25, 0.3) is 0 Å². The van der Waals surface area contributed by atoms with Gasteiger partial charge in [0.15, 0.2) is 0 Å². The largest absolute Gasteiger partial charge is 0.337 e. The molecule has 0 saturated carbocycles. The molecular weight excluding hydrogens is 238 g/mol. The van der Waals surface area contributed by atoms with E-state index < -0.39 is 0 Å². The molecular formula is C15H27N3O. The molecule has 0 fully saturated rings. The Morgan fingerprint density at radius 2 is 2.05 bits per heavy atom. The monoisotopic (exact) mass is 265 g/mol. The Morgan fingerprint density at radius 3 is 2.68 bits per heavy atom. The standard InChI is InChI=1S/C15H27N3O/c1-12(2)15(19)7-5-6-8-18-10-14(17-11-18)9-16-13(3)4/h10-13,16H,5-9H2,1-4H3. The van der Waals surface area contributed by atoms with Gasteiger partial charge in [-0.2, -0.15) is 0 Å². The van der Waals surface area contributed by atoms with Crippen molar-refractivity contribution in [3.05, 3.63) is 18.2 Å². The molecule has 0 spiro atoms. The van der Waals surface area contributed by atoms with E-state index in [1.165, 1.54) is 0 Å². The van der Waals surface area contributed by atoms with Crippen LogP contribution in [0.1, 0.15) is 52.7 Å². The van der Waals surface area contributed by atoms with Crippen molar-refractivity contribution in [3.63, 3.8) is 0 Å². The second-order valence-corrected chi connectivity index (χ2v) is 5.72. The first-order valence-corrected chi connectivity index (χ1v) is 7.25. The van der Waals surface area contributed by atoms with Crippen molar-refractivity contribution in [3.8, 4) is 0 Å². The second-order valence-electron chi connectivity index (χ2n) is 5.72. The lowest BCUT2D eigenvalue weighted by molar-refractivity contribution is -0.122. The fraction of sp³-hybridized carbons (Fsp3) is 0.733. The number of carbonyl (C=O) groups excluding carboxylic acids is 1. The normalized spacial score (nSPS) is 11.5. The van der Waals surface area contributed by atoms with Gasteiger partial charge in [-0.1, -0.05) is 27.7 Å². The molecule has 0 aliphatic carbocycles. The Kier molecular flexibility index (Phi) is 6.78. The van der Waals surface area contributed by atoms with Crippen LogP contribution >= 0.6 is 0 Å². The van der Waals surface area contributed by atoms with Crippen molar-refractivity contribution in [2.45, 2.75) is 66.1 Å². The number of hydrogen-bond donors (Lipinski definition) is 1. The van der Waals surface area contributed by atoms with Gasteiger partial charge in [0, 0.05) is 37.7 Å². The van der Waals surface area contributed by atoms with Crippen LogP contribution in [-0.4, -0.2) is 21.4 Å². The van der Waals surface area contributed by atoms with Crippen molar-refractivity contribution < 1.29 is 4.79 Å². The molecule has 4 heteroatoms. The Labute approximate surface area is 116 Å². The van der Waals surface area contributed by atoms with Crippen molar-refractivity contribution in [2.75, 3.05) is 0 Å². The highest BCUT2D eigenvalue weighted by Gasteiger charge is 2.06. The lowest BCUT2D eigenvalue weighted by atomic mass is 10.0. The van der Waals surface area contributed by atoms with E-state index in [-0.39, 0.29) is 5.92 Å². The Balaban J connectivity index is 2.21. The number of carbonyl (C=O) groups is 1. The molecule has 0 aliphatic heterocycles. The first kappa shape index (κ1) is 15.9. The van der Waals surface area contributed by atoms with Gasteiger partial charge in [0.2, 0.25) is 0 Å². The van der Waals surface area contributed by atoms with Gasteiger partial charge in [0.1, 0.15) is 5.78 Å². The lowest BCUT2D eigenvalue weighted by Crippen LogP contribution is -2.21. The number of ketones is 1. The maximum absolute atomic E-state index is 11.5. The smallest absolute Gasteiger partial charge is 0.135 e. The third-order valence-electron chi connectivity index (χ3n) is 3.11. The molecule has 1 rings (SSSR count). The van der Waals surface area contributed by atoms with Crippen LogP contribution in [0.2, 0.25) is 0 Å². The van der Waals surface area contributed by atoms with Crippen molar-refractivity contribution in [1.29, 1.82) is 0 Å². The highest BCUT2D eigenvalue weighted by Crippen LogP contribution is 2.06. The van der Waals surface area contributed by atoms with E-state index in [9.17, 15) is 4.79 Å². The van der Waals surface area contributed by atoms with E-state index in [2.05, 4.69) is 34.9 Å². The molecule has 0 amide bonds. The van der Waals surface area contributed by atoms with E-state index in [0.29, 0.717) is 18.2 Å². The molecule has 1 heterocycles. The zero-order valence-corrected chi connectivity index (χ0v) is 12.6. The van der Waals surface area contributed by atoms with Crippen LogP contribution in [0.5, 0.6) is 0 Å². The summed E-state index contributed by atoms with van der Waals surface area (Å²) < 4.78 is 2.11. The SMILES string of the molecule is CC(C)NCc1cn(CCCCC(=O)C(C)C)cn1. The van der Waals surface area contributed by atoms with Crippen LogP contribution in [-0.2, 0) is 17.9 Å². The zero-order chi connectivity index (χ0) is 14.3. The molecule has 0 aromatic carbocycles. The fourth-order valence-corrected chi connectivity index (χ4v) is 1.81. The summed E-state index contributed by atoms with van der Waals surface area (Å²) in [7, 11) is 0. The minimum atomic E-state index is 0.168. The number of aryl methyl sites for hydroxylation is 1. The summed E-state index contributed by atoms with van der Waals surface area (Å²) in [6.07, 6.45) is 6.66. The van der Waals surface area contributed by atoms with E-state index in [0.717, 1.165) is 31.6 Å². The Morgan fingerprint density at radius 1 is 1.32 bits per heavy atom. The topological polar surface area (TPSA) is 46.9 Å². The number of imidazole rings is 1. The Bertz CT molecular complexity index is 382. The van der Waals surface area contributed by atoms with Crippen LogP contribution in [0, 0.1) is 5.92 Å². The third kappa shape index (κ3) is 6.53. The number of aromatic nitrogens is 2. The quantitative estimate of drug-likeness (QED) is 0.698. The van der Waals surface area contributed by atoms with Crippen LogP contribution in [0.3, 0.4) is 0 Å². The van der Waals surface area contributed by atoms with Gasteiger partial charge in [0.25, 0.3) is 0 Å². The number of unbranched alkanes of at least 4 members (excludes halogenated alkanes) is 1. The van der Waals surface area contributed by atoms with Crippen LogP contribution in [0.4, 0.5) is 0 Å². The molecule has 108 valence electrons. The predicted molar refractivity (Wildman–Crippen MR) is 77.9 cm³/mol. The van der Waals surface area contributed by atoms with Crippen molar-refractivity contribution >= 4 is 5.78 Å². The summed E-state index contributed by atoms with van der Waals surface area (Å²) in [5, 5.41) is 3.35. The van der Waals surface area contributed by atoms with Gasteiger partial charge in [-0.05, 0) is 12.8 Å². The number of Topliss-reactive ketones (excluding diaryl/α,β-unsaturated/α-hetero) is 1. The average Bonchev–Trinajstić information content (AvgIpc) is 2.79. The highest BCUT2D eigenvalue weighted by atomic mass is 16.1. The maximum Gasteiger partial charge on any atom is 0.135 e. The summed E-state index contributed by atoms with van der Waals surface area (Å²) in [5.74, 6) is 0.536. The number of hydrogen-bond acceptors (Lipinski definition) is 3. The molecule has 1 aromatic rings. The molecule has 0 atom stereocenters. The molecule has 0 bridgehead atoms. The molecule has 0 saturated heterocycles. The number of nitrogens with zero attached hydrogens (tertiary/aromatic N) is 2. The lowest BCUT2D eigenvalue weighted by Gasteiger charge is -2.05. The summed E-state index contributed by atoms with van der Waals surface area (Å²) in [5.41, 5.74) is 1.08. The minimum absolute atomic E-state index is 0.168. The van der Waals surface area contributed by atoms with Crippen LogP contribution < -0.4 is 5.32 Å². The van der Waals surface area contributed by atoms with Gasteiger partial charge >= 0.3 is 0 Å². The summed E-state index contributed by atoms with van der Waals surface area (Å²) in [6.45, 7) is 9.94. The molecule has 0 aliphatic rings. The Hall–Kier alpha value is -1.16. The van der Waals surface area contributed by atoms with Gasteiger partial charge in [-0.15, -0.1) is 0 Å². The summed E-state index contributed by atoms with van der Waals surface area (Å²) in [6, 6.07) is 0.479. The second kappa shape index (κ2) is 8.10. The highest BCUT2D eigenvalue weighted by molar-refractivity contribution is 5.80. The molecule has 1 N–H and O–H groups in total. The zero-order valence-electron chi connectivity index (χ0n) is 12.6. The number of nitrogens with one attached hydrogen (secondary N) is 1. The fourth-order valence-electron chi connectivity index (χ4n) is 1.81. The third-order valence-corrected chi connectivity index (χ3v) is 3.11. The molecule has 4 nitrogen and oxygen atoms in total. The first-order valence-electron chi connectivity index (χ1n) is 7.25. The van der Waals surface area contributed by atoms with E-state index >= 15 is 0 Å². The van der Waals surface area contributed by atoms with Gasteiger partial charge in [0.05, 0.1) is 12.0 Å². The number of rotatable bonds is 9. The maximum atomic E-state index is 11.5. The first-order chi connectivity index (χ1) is 8.99. The minimum Gasteiger partial charge on any atom is -0.337 e.